The number of carbonyl (C=O) groups excluding carboxylic acids is 2. The summed E-state index contributed by atoms with van der Waals surface area (Å²) in [6.45, 7) is 1.78. The number of hydrogen-bond donors (Lipinski definition) is 2. The van der Waals surface area contributed by atoms with E-state index >= 15 is 0 Å². The highest BCUT2D eigenvalue weighted by atomic mass is 35.5. The van der Waals surface area contributed by atoms with E-state index in [0.717, 1.165) is 10.5 Å². The van der Waals surface area contributed by atoms with Gasteiger partial charge in [0, 0.05) is 39.2 Å². The number of non-ortho nitro benzene ring substituents is 1. The molecule has 0 spiro atoms. The molecule has 0 saturated carbocycles. The Kier molecular flexibility index (Phi) is 8.45. The molecule has 12 heteroatoms. The Hall–Kier alpha value is -3.44. The van der Waals surface area contributed by atoms with Crippen LogP contribution in [0.5, 0.6) is 0 Å². The molecule has 0 saturated heterocycles. The second kappa shape index (κ2) is 11.7. The quantitative estimate of drug-likeness (QED) is 0.129. The molecule has 0 radical (unpaired) electrons. The number of benzene rings is 3. The summed E-state index contributed by atoms with van der Waals surface area (Å²) in [4.78, 5) is 40.8. The van der Waals surface area contributed by atoms with Crippen molar-refractivity contribution in [3.63, 3.8) is 0 Å². The lowest BCUT2D eigenvalue weighted by molar-refractivity contribution is -0.384. The van der Waals surface area contributed by atoms with E-state index in [9.17, 15) is 19.7 Å². The van der Waals surface area contributed by atoms with Gasteiger partial charge in [-0.05, 0) is 49.4 Å². The number of anilines is 2. The van der Waals surface area contributed by atoms with Crippen LogP contribution in [0.15, 0.2) is 77.0 Å². The lowest BCUT2D eigenvalue weighted by Crippen LogP contribution is -2.22. The van der Waals surface area contributed by atoms with Crippen LogP contribution in [-0.4, -0.2) is 27.0 Å². The standard InChI is InChI=1S/C25H18Cl2N4O4S2/c1-14(23(32)30-25-29-22(13-36-25)15-5-10-20(26)21(27)12-15)37-19-8-6-17(7-9-19)28-24(33)16-3-2-4-18(11-16)31(34)35/h2-14H,1H3,(H,28,33)(H,29,30,32). The lowest BCUT2D eigenvalue weighted by Gasteiger charge is -2.11. The van der Waals surface area contributed by atoms with Gasteiger partial charge in [0.1, 0.15) is 0 Å². The van der Waals surface area contributed by atoms with Crippen molar-refractivity contribution in [2.75, 3.05) is 10.6 Å². The molecule has 0 aliphatic carbocycles. The second-order valence-electron chi connectivity index (χ2n) is 7.70. The zero-order valence-electron chi connectivity index (χ0n) is 19.1. The van der Waals surface area contributed by atoms with Crippen LogP contribution in [0.1, 0.15) is 17.3 Å². The Balaban J connectivity index is 1.33. The van der Waals surface area contributed by atoms with Gasteiger partial charge in [-0.1, -0.05) is 35.3 Å². The normalized spacial score (nSPS) is 11.5. The summed E-state index contributed by atoms with van der Waals surface area (Å²) in [7, 11) is 0. The van der Waals surface area contributed by atoms with E-state index in [1.807, 2.05) is 11.4 Å². The Labute approximate surface area is 230 Å². The first-order valence-electron chi connectivity index (χ1n) is 10.7. The molecule has 1 aromatic heterocycles. The predicted octanol–water partition coefficient (Wildman–Crippen LogP) is 7.40. The third-order valence-corrected chi connectivity index (χ3v) is 7.67. The van der Waals surface area contributed by atoms with Crippen molar-refractivity contribution in [1.82, 2.24) is 4.98 Å². The van der Waals surface area contributed by atoms with Gasteiger partial charge in [0.2, 0.25) is 5.91 Å². The van der Waals surface area contributed by atoms with Crippen molar-refractivity contribution in [2.45, 2.75) is 17.1 Å². The summed E-state index contributed by atoms with van der Waals surface area (Å²) in [5.41, 5.74) is 2.03. The third kappa shape index (κ3) is 6.86. The van der Waals surface area contributed by atoms with Gasteiger partial charge in [-0.15, -0.1) is 23.1 Å². The number of carbonyl (C=O) groups is 2. The number of nitro groups is 1. The molecular weight excluding hydrogens is 555 g/mol. The summed E-state index contributed by atoms with van der Waals surface area (Å²) < 4.78 is 0. The van der Waals surface area contributed by atoms with E-state index in [1.165, 1.54) is 47.4 Å². The molecule has 1 unspecified atom stereocenters. The molecule has 188 valence electrons. The van der Waals surface area contributed by atoms with Crippen molar-refractivity contribution in [2.24, 2.45) is 0 Å². The molecule has 2 amide bonds. The molecule has 0 bridgehead atoms. The zero-order chi connectivity index (χ0) is 26.5. The predicted molar refractivity (Wildman–Crippen MR) is 149 cm³/mol. The van der Waals surface area contributed by atoms with E-state index in [0.29, 0.717) is 26.6 Å². The van der Waals surface area contributed by atoms with Crippen LogP contribution in [0.3, 0.4) is 0 Å². The van der Waals surface area contributed by atoms with Crippen molar-refractivity contribution >= 4 is 74.6 Å². The minimum absolute atomic E-state index is 0.157. The molecule has 4 rings (SSSR count). The number of amides is 2. The van der Waals surface area contributed by atoms with Gasteiger partial charge in [0.15, 0.2) is 5.13 Å². The number of nitrogens with one attached hydrogen (secondary N) is 2. The lowest BCUT2D eigenvalue weighted by atomic mass is 10.2. The van der Waals surface area contributed by atoms with Crippen molar-refractivity contribution in [3.8, 4) is 11.3 Å². The van der Waals surface area contributed by atoms with E-state index in [-0.39, 0.29) is 17.2 Å². The Bertz CT molecular complexity index is 1480. The molecule has 0 aliphatic heterocycles. The number of nitrogens with zero attached hydrogens (tertiary/aromatic N) is 2. The topological polar surface area (TPSA) is 114 Å². The number of halogens is 2. The van der Waals surface area contributed by atoms with Gasteiger partial charge in [0.05, 0.1) is 25.9 Å². The monoisotopic (exact) mass is 572 g/mol. The first kappa shape index (κ1) is 26.6. The summed E-state index contributed by atoms with van der Waals surface area (Å²) in [6, 6.07) is 17.7. The first-order valence-corrected chi connectivity index (χ1v) is 13.3. The SMILES string of the molecule is CC(Sc1ccc(NC(=O)c2cccc([N+](=O)[O-])c2)cc1)C(=O)Nc1nc(-c2ccc(Cl)c(Cl)c2)cs1. The van der Waals surface area contributed by atoms with Gasteiger partial charge in [-0.25, -0.2) is 4.98 Å². The highest BCUT2D eigenvalue weighted by Crippen LogP contribution is 2.31. The van der Waals surface area contributed by atoms with Crippen molar-refractivity contribution < 1.29 is 14.5 Å². The maximum absolute atomic E-state index is 12.7. The van der Waals surface area contributed by atoms with Crippen LogP contribution in [-0.2, 0) is 4.79 Å². The van der Waals surface area contributed by atoms with Crippen LogP contribution < -0.4 is 10.6 Å². The smallest absolute Gasteiger partial charge is 0.270 e. The molecular formula is C25H18Cl2N4O4S2. The van der Waals surface area contributed by atoms with Gasteiger partial charge < -0.3 is 10.6 Å². The minimum Gasteiger partial charge on any atom is -0.322 e. The van der Waals surface area contributed by atoms with E-state index < -0.39 is 16.1 Å². The summed E-state index contributed by atoms with van der Waals surface area (Å²) in [5.74, 6) is -0.663. The molecule has 0 aliphatic rings. The fourth-order valence-electron chi connectivity index (χ4n) is 3.16. The van der Waals surface area contributed by atoms with Crippen molar-refractivity contribution in [1.29, 1.82) is 0 Å². The maximum Gasteiger partial charge on any atom is 0.270 e. The Morgan fingerprint density at radius 2 is 1.78 bits per heavy atom. The van der Waals surface area contributed by atoms with Crippen LogP contribution in [0.2, 0.25) is 10.0 Å². The maximum atomic E-state index is 12.7. The number of rotatable bonds is 8. The molecule has 0 fully saturated rings. The van der Waals surface area contributed by atoms with Crippen LogP contribution in [0, 0.1) is 10.1 Å². The Morgan fingerprint density at radius 1 is 1.03 bits per heavy atom. The molecule has 8 nitrogen and oxygen atoms in total. The molecule has 3 aromatic carbocycles. The number of thiazole rings is 1. The summed E-state index contributed by atoms with van der Waals surface area (Å²) in [5, 5.41) is 19.2. The number of aromatic nitrogens is 1. The molecule has 2 N–H and O–H groups in total. The highest BCUT2D eigenvalue weighted by Gasteiger charge is 2.17. The Morgan fingerprint density at radius 3 is 2.49 bits per heavy atom. The van der Waals surface area contributed by atoms with Gasteiger partial charge in [-0.3, -0.25) is 19.7 Å². The zero-order valence-corrected chi connectivity index (χ0v) is 22.3. The molecule has 4 aromatic rings. The van der Waals surface area contributed by atoms with Crippen molar-refractivity contribution in [3.05, 3.63) is 97.8 Å². The fourth-order valence-corrected chi connectivity index (χ4v) is 5.05. The fraction of sp³-hybridized carbons (Fsp3) is 0.0800. The molecule has 1 heterocycles. The largest absolute Gasteiger partial charge is 0.322 e. The second-order valence-corrected chi connectivity index (χ2v) is 10.8. The molecule has 1 atom stereocenters. The first-order chi connectivity index (χ1) is 17.7. The van der Waals surface area contributed by atoms with E-state index in [1.54, 1.807) is 43.3 Å². The van der Waals surface area contributed by atoms with Crippen LogP contribution in [0.4, 0.5) is 16.5 Å². The van der Waals surface area contributed by atoms with Crippen LogP contribution >= 0.6 is 46.3 Å². The summed E-state index contributed by atoms with van der Waals surface area (Å²) >= 11 is 14.7. The van der Waals surface area contributed by atoms with Gasteiger partial charge >= 0.3 is 0 Å². The average Bonchev–Trinajstić information content (AvgIpc) is 3.35. The number of hydrogen-bond acceptors (Lipinski definition) is 7. The number of thioether (sulfide) groups is 1. The van der Waals surface area contributed by atoms with E-state index in [4.69, 9.17) is 23.2 Å². The average molecular weight is 573 g/mol. The third-order valence-electron chi connectivity index (χ3n) is 5.06. The number of nitro benzene ring substituents is 1. The minimum atomic E-state index is -0.552. The highest BCUT2D eigenvalue weighted by molar-refractivity contribution is 8.00. The van der Waals surface area contributed by atoms with E-state index in [2.05, 4.69) is 15.6 Å². The van der Waals surface area contributed by atoms with Crippen LogP contribution in [0.25, 0.3) is 11.3 Å². The summed E-state index contributed by atoms with van der Waals surface area (Å²) in [6.07, 6.45) is 0. The van der Waals surface area contributed by atoms with Gasteiger partial charge in [0.25, 0.3) is 11.6 Å². The van der Waals surface area contributed by atoms with Gasteiger partial charge in [-0.2, -0.15) is 0 Å². The molecule has 37 heavy (non-hydrogen) atoms.